The SMILES string of the molecule is C=C(CC)C1CCC2/C(=C/C=C3C[C@@H](O)C(=C)[C@H](O)C3)CCC[C@]12C. The first kappa shape index (κ1) is 18.7. The number of allylic oxidation sites excluding steroid dienone is 4. The van der Waals surface area contributed by atoms with Gasteiger partial charge in [0.25, 0.3) is 0 Å². The first-order valence-electron chi connectivity index (χ1n) is 9.97. The Labute approximate surface area is 153 Å². The summed E-state index contributed by atoms with van der Waals surface area (Å²) in [5.74, 6) is 1.33. The van der Waals surface area contributed by atoms with Crippen LogP contribution in [0.25, 0.3) is 0 Å². The van der Waals surface area contributed by atoms with E-state index in [0.717, 1.165) is 12.0 Å². The molecule has 0 aliphatic heterocycles. The quantitative estimate of drug-likeness (QED) is 0.701. The Morgan fingerprint density at radius 2 is 1.88 bits per heavy atom. The van der Waals surface area contributed by atoms with Crippen LogP contribution in [0, 0.1) is 17.3 Å². The molecule has 0 radical (unpaired) electrons. The predicted molar refractivity (Wildman–Crippen MR) is 104 cm³/mol. The second-order valence-corrected chi connectivity index (χ2v) is 8.63. The maximum atomic E-state index is 10.0. The van der Waals surface area contributed by atoms with Gasteiger partial charge in [-0.1, -0.05) is 55.9 Å². The highest BCUT2D eigenvalue weighted by atomic mass is 16.3. The number of hydrogen-bond donors (Lipinski definition) is 2. The molecule has 3 aliphatic rings. The van der Waals surface area contributed by atoms with Gasteiger partial charge in [0, 0.05) is 0 Å². The van der Waals surface area contributed by atoms with E-state index in [2.05, 4.69) is 39.2 Å². The van der Waals surface area contributed by atoms with E-state index >= 15 is 0 Å². The van der Waals surface area contributed by atoms with Crippen LogP contribution in [-0.4, -0.2) is 22.4 Å². The summed E-state index contributed by atoms with van der Waals surface area (Å²) >= 11 is 0. The van der Waals surface area contributed by atoms with E-state index in [9.17, 15) is 10.2 Å². The zero-order chi connectivity index (χ0) is 18.2. The van der Waals surface area contributed by atoms with E-state index in [1.807, 2.05) is 0 Å². The smallest absolute Gasteiger partial charge is 0.0809 e. The van der Waals surface area contributed by atoms with Gasteiger partial charge in [0.2, 0.25) is 0 Å². The van der Waals surface area contributed by atoms with Crippen LogP contribution in [0.5, 0.6) is 0 Å². The van der Waals surface area contributed by atoms with Crippen molar-refractivity contribution in [3.63, 3.8) is 0 Å². The molecule has 0 saturated heterocycles. The molecule has 2 N–H and O–H groups in total. The second kappa shape index (κ2) is 7.25. The van der Waals surface area contributed by atoms with E-state index in [-0.39, 0.29) is 0 Å². The van der Waals surface area contributed by atoms with Gasteiger partial charge in [-0.3, -0.25) is 0 Å². The monoisotopic (exact) mass is 342 g/mol. The molecular formula is C23H34O2. The first-order chi connectivity index (χ1) is 11.9. The number of rotatable bonds is 3. The Kier molecular flexibility index (Phi) is 5.41. The minimum Gasteiger partial charge on any atom is -0.388 e. The van der Waals surface area contributed by atoms with Crippen LogP contribution in [0.3, 0.4) is 0 Å². The lowest BCUT2D eigenvalue weighted by molar-refractivity contribution is 0.123. The van der Waals surface area contributed by atoms with Crippen molar-refractivity contribution in [3.8, 4) is 0 Å². The van der Waals surface area contributed by atoms with Crippen LogP contribution < -0.4 is 0 Å². The molecule has 2 unspecified atom stereocenters. The fourth-order valence-corrected chi connectivity index (χ4v) is 5.58. The lowest BCUT2D eigenvalue weighted by atomic mass is 9.62. The topological polar surface area (TPSA) is 40.5 Å². The molecule has 2 nitrogen and oxygen atoms in total. The molecule has 3 aliphatic carbocycles. The maximum absolute atomic E-state index is 10.0. The average molecular weight is 343 g/mol. The van der Waals surface area contributed by atoms with Gasteiger partial charge in [-0.15, -0.1) is 0 Å². The Balaban J connectivity index is 1.79. The van der Waals surface area contributed by atoms with Gasteiger partial charge in [0.1, 0.15) is 0 Å². The number of aliphatic hydroxyl groups is 2. The van der Waals surface area contributed by atoms with Gasteiger partial charge in [-0.25, -0.2) is 0 Å². The van der Waals surface area contributed by atoms with Crippen molar-refractivity contribution in [2.24, 2.45) is 17.3 Å². The Hall–Kier alpha value is -1.12. The third kappa shape index (κ3) is 3.44. The fourth-order valence-electron chi connectivity index (χ4n) is 5.58. The largest absolute Gasteiger partial charge is 0.388 e. The molecular weight excluding hydrogens is 308 g/mol. The van der Waals surface area contributed by atoms with Crippen molar-refractivity contribution in [2.75, 3.05) is 0 Å². The van der Waals surface area contributed by atoms with Crippen molar-refractivity contribution in [3.05, 3.63) is 47.6 Å². The number of aliphatic hydroxyl groups excluding tert-OH is 2. The third-order valence-corrected chi connectivity index (χ3v) is 7.21. The molecule has 3 saturated carbocycles. The summed E-state index contributed by atoms with van der Waals surface area (Å²) < 4.78 is 0. The molecule has 3 fully saturated rings. The lowest BCUT2D eigenvalue weighted by Crippen LogP contribution is -2.33. The van der Waals surface area contributed by atoms with Crippen LogP contribution in [0.2, 0.25) is 0 Å². The zero-order valence-corrected chi connectivity index (χ0v) is 15.9. The number of hydrogen-bond acceptors (Lipinski definition) is 2. The second-order valence-electron chi connectivity index (χ2n) is 8.63. The average Bonchev–Trinajstić information content (AvgIpc) is 2.94. The summed E-state index contributed by atoms with van der Waals surface area (Å²) in [7, 11) is 0. The Morgan fingerprint density at radius 3 is 2.52 bits per heavy atom. The first-order valence-corrected chi connectivity index (χ1v) is 9.97. The van der Waals surface area contributed by atoms with E-state index in [1.165, 1.54) is 37.7 Å². The molecule has 0 aromatic carbocycles. The van der Waals surface area contributed by atoms with Gasteiger partial charge < -0.3 is 10.2 Å². The summed E-state index contributed by atoms with van der Waals surface area (Å²) in [6, 6.07) is 0. The predicted octanol–water partition coefficient (Wildman–Crippen LogP) is 5.09. The molecule has 0 heterocycles. The lowest BCUT2D eigenvalue weighted by Gasteiger charge is -2.43. The summed E-state index contributed by atoms with van der Waals surface area (Å²) in [5, 5.41) is 20.1. The molecule has 0 bridgehead atoms. The maximum Gasteiger partial charge on any atom is 0.0809 e. The summed E-state index contributed by atoms with van der Waals surface area (Å²) in [5.41, 5.74) is 5.07. The summed E-state index contributed by atoms with van der Waals surface area (Å²) in [6.45, 7) is 12.9. The van der Waals surface area contributed by atoms with E-state index in [0.29, 0.717) is 35.7 Å². The van der Waals surface area contributed by atoms with Crippen LogP contribution >= 0.6 is 0 Å². The van der Waals surface area contributed by atoms with Crippen LogP contribution in [0.15, 0.2) is 47.6 Å². The van der Waals surface area contributed by atoms with Crippen LogP contribution in [0.4, 0.5) is 0 Å². The molecule has 0 amide bonds. The van der Waals surface area contributed by atoms with Crippen LogP contribution in [-0.2, 0) is 0 Å². The fraction of sp³-hybridized carbons (Fsp3) is 0.652. The minimum atomic E-state index is -0.603. The highest BCUT2D eigenvalue weighted by Crippen LogP contribution is 2.59. The Bertz CT molecular complexity index is 596. The molecule has 0 aromatic heterocycles. The van der Waals surface area contributed by atoms with Crippen molar-refractivity contribution < 1.29 is 10.2 Å². The van der Waals surface area contributed by atoms with Crippen molar-refractivity contribution in [1.29, 1.82) is 0 Å². The molecule has 25 heavy (non-hydrogen) atoms. The third-order valence-electron chi connectivity index (χ3n) is 7.21. The van der Waals surface area contributed by atoms with Gasteiger partial charge in [-0.2, -0.15) is 0 Å². The van der Waals surface area contributed by atoms with Gasteiger partial charge in [-0.05, 0) is 74.2 Å². The molecule has 138 valence electrons. The normalized spacial score (nSPS) is 40.2. The highest BCUT2D eigenvalue weighted by molar-refractivity contribution is 5.30. The van der Waals surface area contributed by atoms with E-state index in [4.69, 9.17) is 0 Å². The number of fused-ring (bicyclic) bond motifs is 1. The molecule has 5 atom stereocenters. The van der Waals surface area contributed by atoms with E-state index in [1.54, 1.807) is 5.57 Å². The Morgan fingerprint density at radius 1 is 1.20 bits per heavy atom. The summed E-state index contributed by atoms with van der Waals surface area (Å²) in [4.78, 5) is 0. The molecule has 0 spiro atoms. The van der Waals surface area contributed by atoms with Crippen molar-refractivity contribution in [1.82, 2.24) is 0 Å². The highest BCUT2D eigenvalue weighted by Gasteiger charge is 2.49. The standard InChI is InChI=1S/C23H34O2/c1-5-15(2)19-10-11-20-18(7-6-12-23(19,20)4)9-8-17-13-21(24)16(3)22(25)14-17/h8-9,19-22,24-25H,2-3,5-7,10-14H2,1,4H3/b18-9+/t19?,20?,21-,22-,23-/m1/s1. The van der Waals surface area contributed by atoms with Gasteiger partial charge >= 0.3 is 0 Å². The van der Waals surface area contributed by atoms with Crippen molar-refractivity contribution in [2.45, 2.75) is 77.4 Å². The van der Waals surface area contributed by atoms with Crippen LogP contribution in [0.1, 0.15) is 65.2 Å². The van der Waals surface area contributed by atoms with Crippen molar-refractivity contribution >= 4 is 0 Å². The molecule has 0 aromatic rings. The van der Waals surface area contributed by atoms with Gasteiger partial charge in [0.15, 0.2) is 0 Å². The molecule has 3 rings (SSSR count). The zero-order valence-electron chi connectivity index (χ0n) is 15.9. The minimum absolute atomic E-state index is 0.371. The van der Waals surface area contributed by atoms with E-state index < -0.39 is 12.2 Å². The molecule has 2 heteroatoms. The van der Waals surface area contributed by atoms with Gasteiger partial charge in [0.05, 0.1) is 12.2 Å². The summed E-state index contributed by atoms with van der Waals surface area (Å²) in [6.07, 6.45) is 11.9.